The molecule has 7 heteroatoms. The number of rotatable bonds is 5. The minimum absolute atomic E-state index is 0.0520. The van der Waals surface area contributed by atoms with Crippen molar-refractivity contribution in [2.24, 2.45) is 0 Å². The van der Waals surface area contributed by atoms with Gasteiger partial charge in [-0.2, -0.15) is 0 Å². The van der Waals surface area contributed by atoms with E-state index < -0.39 is 10.9 Å². The van der Waals surface area contributed by atoms with Gasteiger partial charge in [-0.1, -0.05) is 12.1 Å². The standard InChI is InChI=1S/C14H13N3O4/c1-9-6-12(17(20)21)8-16-13(9)15-7-10-2-4-11(5-3-10)14(18)19/h2-6,8H,7H2,1H3,(H,15,16)(H,18,19). The third-order valence-corrected chi connectivity index (χ3v) is 2.94. The van der Waals surface area contributed by atoms with Crippen molar-refractivity contribution in [3.05, 3.63) is 63.3 Å². The van der Waals surface area contributed by atoms with Gasteiger partial charge in [-0.15, -0.1) is 0 Å². The number of carbonyl (C=O) groups is 1. The molecule has 2 rings (SSSR count). The Labute approximate surface area is 120 Å². The number of nitrogens with one attached hydrogen (secondary N) is 1. The van der Waals surface area contributed by atoms with E-state index in [1.807, 2.05) is 0 Å². The lowest BCUT2D eigenvalue weighted by Crippen LogP contribution is -2.04. The Morgan fingerprint density at radius 3 is 2.57 bits per heavy atom. The van der Waals surface area contributed by atoms with Gasteiger partial charge in [-0.05, 0) is 30.2 Å². The summed E-state index contributed by atoms with van der Waals surface area (Å²) in [7, 11) is 0. The molecular weight excluding hydrogens is 274 g/mol. The maximum atomic E-state index is 10.7. The SMILES string of the molecule is Cc1cc([N+](=O)[O-])cnc1NCc1ccc(C(=O)O)cc1. The predicted molar refractivity (Wildman–Crippen MR) is 76.4 cm³/mol. The average Bonchev–Trinajstić information content (AvgIpc) is 2.46. The lowest BCUT2D eigenvalue weighted by Gasteiger charge is -2.08. The zero-order valence-corrected chi connectivity index (χ0v) is 11.2. The van der Waals surface area contributed by atoms with Gasteiger partial charge in [-0.25, -0.2) is 9.78 Å². The van der Waals surface area contributed by atoms with Gasteiger partial charge >= 0.3 is 5.97 Å². The predicted octanol–water partition coefficient (Wildman–Crippen LogP) is 2.61. The van der Waals surface area contributed by atoms with Crippen molar-refractivity contribution in [2.45, 2.75) is 13.5 Å². The molecule has 1 aromatic carbocycles. The van der Waals surface area contributed by atoms with E-state index in [1.165, 1.54) is 24.4 Å². The molecule has 21 heavy (non-hydrogen) atoms. The molecule has 1 heterocycles. The fourth-order valence-electron chi connectivity index (χ4n) is 1.80. The van der Waals surface area contributed by atoms with Crippen LogP contribution in [0.4, 0.5) is 11.5 Å². The van der Waals surface area contributed by atoms with Crippen LogP contribution < -0.4 is 5.32 Å². The quantitative estimate of drug-likeness (QED) is 0.646. The second-order valence-corrected chi connectivity index (χ2v) is 4.47. The highest BCUT2D eigenvalue weighted by Crippen LogP contribution is 2.18. The number of nitrogens with zero attached hydrogens (tertiary/aromatic N) is 2. The van der Waals surface area contributed by atoms with Crippen molar-refractivity contribution in [2.75, 3.05) is 5.32 Å². The maximum Gasteiger partial charge on any atom is 0.335 e. The van der Waals surface area contributed by atoms with Crippen LogP contribution in [0.25, 0.3) is 0 Å². The molecule has 7 nitrogen and oxygen atoms in total. The highest BCUT2D eigenvalue weighted by Gasteiger charge is 2.09. The molecule has 0 amide bonds. The molecule has 0 bridgehead atoms. The highest BCUT2D eigenvalue weighted by atomic mass is 16.6. The summed E-state index contributed by atoms with van der Waals surface area (Å²) >= 11 is 0. The molecule has 2 aromatic rings. The zero-order valence-electron chi connectivity index (χ0n) is 11.2. The van der Waals surface area contributed by atoms with Crippen molar-refractivity contribution in [1.82, 2.24) is 4.98 Å². The van der Waals surface area contributed by atoms with E-state index in [4.69, 9.17) is 5.11 Å². The van der Waals surface area contributed by atoms with Crippen LogP contribution in [0.3, 0.4) is 0 Å². The van der Waals surface area contributed by atoms with E-state index in [9.17, 15) is 14.9 Å². The van der Waals surface area contributed by atoms with E-state index in [0.717, 1.165) is 5.56 Å². The second kappa shape index (κ2) is 6.00. The van der Waals surface area contributed by atoms with Crippen molar-refractivity contribution >= 4 is 17.5 Å². The third kappa shape index (κ3) is 3.53. The Morgan fingerprint density at radius 1 is 1.38 bits per heavy atom. The third-order valence-electron chi connectivity index (χ3n) is 2.94. The molecule has 1 aromatic heterocycles. The molecule has 0 aliphatic heterocycles. The van der Waals surface area contributed by atoms with Crippen molar-refractivity contribution in [3.8, 4) is 0 Å². The number of aryl methyl sites for hydroxylation is 1. The molecule has 2 N–H and O–H groups in total. The summed E-state index contributed by atoms with van der Waals surface area (Å²) in [6.07, 6.45) is 1.20. The summed E-state index contributed by atoms with van der Waals surface area (Å²) in [5.41, 5.74) is 1.73. The smallest absolute Gasteiger partial charge is 0.335 e. The monoisotopic (exact) mass is 287 g/mol. The number of anilines is 1. The molecular formula is C14H13N3O4. The first kappa shape index (κ1) is 14.4. The Morgan fingerprint density at radius 2 is 2.05 bits per heavy atom. The number of aromatic carboxylic acids is 1. The first-order chi connectivity index (χ1) is 9.97. The van der Waals surface area contributed by atoms with Crippen LogP contribution in [-0.2, 0) is 6.54 Å². The van der Waals surface area contributed by atoms with Crippen LogP contribution in [0.15, 0.2) is 36.5 Å². The lowest BCUT2D eigenvalue weighted by atomic mass is 10.1. The minimum atomic E-state index is -0.970. The summed E-state index contributed by atoms with van der Waals surface area (Å²) < 4.78 is 0. The molecule has 0 atom stereocenters. The van der Waals surface area contributed by atoms with Crippen molar-refractivity contribution in [3.63, 3.8) is 0 Å². The first-order valence-corrected chi connectivity index (χ1v) is 6.14. The fourth-order valence-corrected chi connectivity index (χ4v) is 1.80. The van der Waals surface area contributed by atoms with E-state index in [2.05, 4.69) is 10.3 Å². The fraction of sp³-hybridized carbons (Fsp3) is 0.143. The van der Waals surface area contributed by atoms with Gasteiger partial charge in [0.2, 0.25) is 0 Å². The van der Waals surface area contributed by atoms with Crippen LogP contribution >= 0.6 is 0 Å². The molecule has 0 saturated heterocycles. The van der Waals surface area contributed by atoms with Crippen LogP contribution in [0.1, 0.15) is 21.5 Å². The van der Waals surface area contributed by atoms with Gasteiger partial charge in [0.05, 0.1) is 10.5 Å². The van der Waals surface area contributed by atoms with Gasteiger partial charge in [0.1, 0.15) is 12.0 Å². The molecule has 0 aliphatic carbocycles. The lowest BCUT2D eigenvalue weighted by molar-refractivity contribution is -0.385. The van der Waals surface area contributed by atoms with Crippen molar-refractivity contribution < 1.29 is 14.8 Å². The van der Waals surface area contributed by atoms with Crippen molar-refractivity contribution in [1.29, 1.82) is 0 Å². The normalized spacial score (nSPS) is 10.1. The summed E-state index contributed by atoms with van der Waals surface area (Å²) in [5.74, 6) is -0.412. The Balaban J connectivity index is 2.06. The first-order valence-electron chi connectivity index (χ1n) is 6.14. The Hall–Kier alpha value is -2.96. The van der Waals surface area contributed by atoms with Crippen LogP contribution in [0.5, 0.6) is 0 Å². The van der Waals surface area contributed by atoms with Gasteiger partial charge in [0.25, 0.3) is 5.69 Å². The maximum absolute atomic E-state index is 10.7. The second-order valence-electron chi connectivity index (χ2n) is 4.47. The number of carboxylic acid groups (broad SMARTS) is 1. The van der Waals surface area contributed by atoms with E-state index in [-0.39, 0.29) is 11.3 Å². The molecule has 0 spiro atoms. The zero-order chi connectivity index (χ0) is 15.4. The van der Waals surface area contributed by atoms with E-state index >= 15 is 0 Å². The number of carboxylic acids is 1. The summed E-state index contributed by atoms with van der Waals surface area (Å²) in [6, 6.07) is 7.90. The van der Waals surface area contributed by atoms with Crippen LogP contribution in [-0.4, -0.2) is 21.0 Å². The number of hydrogen-bond acceptors (Lipinski definition) is 5. The number of hydrogen-bond donors (Lipinski definition) is 2. The van der Waals surface area contributed by atoms with Gasteiger partial charge < -0.3 is 10.4 Å². The molecule has 0 radical (unpaired) electrons. The summed E-state index contributed by atoms with van der Waals surface area (Å²) in [4.78, 5) is 24.9. The highest BCUT2D eigenvalue weighted by molar-refractivity contribution is 5.87. The summed E-state index contributed by atoms with van der Waals surface area (Å²) in [5, 5.41) is 22.5. The molecule has 0 fully saturated rings. The van der Waals surface area contributed by atoms with E-state index in [0.29, 0.717) is 17.9 Å². The summed E-state index contributed by atoms with van der Waals surface area (Å²) in [6.45, 7) is 2.18. The van der Waals surface area contributed by atoms with Gasteiger partial charge in [0.15, 0.2) is 0 Å². The Bertz CT molecular complexity index is 683. The number of benzene rings is 1. The number of pyridine rings is 1. The van der Waals surface area contributed by atoms with Crippen LogP contribution in [0.2, 0.25) is 0 Å². The minimum Gasteiger partial charge on any atom is -0.478 e. The van der Waals surface area contributed by atoms with Crippen LogP contribution in [0, 0.1) is 17.0 Å². The molecule has 0 saturated carbocycles. The number of aromatic nitrogens is 1. The topological polar surface area (TPSA) is 105 Å². The molecule has 0 aliphatic rings. The molecule has 0 unspecified atom stereocenters. The largest absolute Gasteiger partial charge is 0.478 e. The Kier molecular flexibility index (Phi) is 4.13. The number of nitro groups is 1. The molecule has 108 valence electrons. The van der Waals surface area contributed by atoms with Gasteiger partial charge in [-0.3, -0.25) is 10.1 Å². The van der Waals surface area contributed by atoms with E-state index in [1.54, 1.807) is 19.1 Å². The average molecular weight is 287 g/mol. The van der Waals surface area contributed by atoms with Gasteiger partial charge in [0, 0.05) is 12.6 Å².